The largest absolute Gasteiger partial charge is 0.497 e. The van der Waals surface area contributed by atoms with E-state index in [9.17, 15) is 0 Å². The molecule has 21 heavy (non-hydrogen) atoms. The number of methoxy groups -OCH3 is 1. The average Bonchev–Trinajstić information content (AvgIpc) is 2.35. The number of nitrogens with one attached hydrogen (secondary N) is 1. The van der Waals surface area contributed by atoms with Gasteiger partial charge in [0.15, 0.2) is 0 Å². The van der Waals surface area contributed by atoms with Crippen molar-refractivity contribution < 1.29 is 9.47 Å². The van der Waals surface area contributed by atoms with Crippen molar-refractivity contribution in [3.63, 3.8) is 0 Å². The molecule has 3 heteroatoms. The predicted molar refractivity (Wildman–Crippen MR) is 89.2 cm³/mol. The van der Waals surface area contributed by atoms with Gasteiger partial charge in [-0.3, -0.25) is 0 Å². The molecule has 120 valence electrons. The lowest BCUT2D eigenvalue weighted by molar-refractivity contribution is 0.240. The monoisotopic (exact) mass is 293 g/mol. The fraction of sp³-hybridized carbons (Fsp3) is 0.667. The topological polar surface area (TPSA) is 30.5 Å². The Labute approximate surface area is 130 Å². The van der Waals surface area contributed by atoms with Gasteiger partial charge in [-0.25, -0.2) is 0 Å². The quantitative estimate of drug-likeness (QED) is 0.843. The zero-order chi connectivity index (χ0) is 16.1. The van der Waals surface area contributed by atoms with Crippen LogP contribution in [0.1, 0.15) is 53.5 Å². The summed E-state index contributed by atoms with van der Waals surface area (Å²) in [5.74, 6) is 1.81. The minimum atomic E-state index is 0.0752. The van der Waals surface area contributed by atoms with Crippen LogP contribution in [0.25, 0.3) is 0 Å². The molecule has 0 bridgehead atoms. The van der Waals surface area contributed by atoms with Gasteiger partial charge in [-0.15, -0.1) is 0 Å². The number of rotatable bonds is 6. The second kappa shape index (κ2) is 7.17. The van der Waals surface area contributed by atoms with Crippen molar-refractivity contribution in [1.82, 2.24) is 5.32 Å². The van der Waals surface area contributed by atoms with Gasteiger partial charge in [0.25, 0.3) is 0 Å². The maximum atomic E-state index is 5.98. The molecule has 0 heterocycles. The Kier molecular flexibility index (Phi) is 6.09. The van der Waals surface area contributed by atoms with Crippen molar-refractivity contribution in [3.05, 3.63) is 23.8 Å². The van der Waals surface area contributed by atoms with E-state index in [4.69, 9.17) is 9.47 Å². The summed E-state index contributed by atoms with van der Waals surface area (Å²) in [4.78, 5) is 0. The van der Waals surface area contributed by atoms with Crippen molar-refractivity contribution in [2.45, 2.75) is 60.0 Å². The summed E-state index contributed by atoms with van der Waals surface area (Å²) in [6.45, 7) is 14.7. The van der Waals surface area contributed by atoms with Gasteiger partial charge in [0.05, 0.1) is 13.7 Å². The van der Waals surface area contributed by atoms with Crippen molar-refractivity contribution in [2.75, 3.05) is 13.7 Å². The fourth-order valence-electron chi connectivity index (χ4n) is 1.79. The molecule has 0 aliphatic rings. The Morgan fingerprint density at radius 2 is 1.71 bits per heavy atom. The van der Waals surface area contributed by atoms with Gasteiger partial charge in [0.1, 0.15) is 11.5 Å². The minimum absolute atomic E-state index is 0.0752. The highest BCUT2D eigenvalue weighted by atomic mass is 16.5. The summed E-state index contributed by atoms with van der Waals surface area (Å²) in [6.07, 6.45) is 1.03. The lowest BCUT2D eigenvalue weighted by atomic mass is 9.93. The summed E-state index contributed by atoms with van der Waals surface area (Å²) in [6, 6.07) is 6.00. The summed E-state index contributed by atoms with van der Waals surface area (Å²) in [5.41, 5.74) is 1.50. The number of ether oxygens (including phenoxy) is 2. The van der Waals surface area contributed by atoms with Crippen molar-refractivity contribution in [3.8, 4) is 11.5 Å². The third-order valence-corrected chi connectivity index (χ3v) is 3.19. The van der Waals surface area contributed by atoms with Gasteiger partial charge < -0.3 is 14.8 Å². The standard InChI is InChI=1S/C18H31NO2/c1-17(2,3)10-11-21-16-9-8-15(20-7)12-14(16)13-19-18(4,5)6/h8-9,12,19H,10-11,13H2,1-7H3. The van der Waals surface area contributed by atoms with Crippen molar-refractivity contribution in [2.24, 2.45) is 5.41 Å². The molecule has 0 atom stereocenters. The lowest BCUT2D eigenvalue weighted by Crippen LogP contribution is -2.35. The molecule has 0 unspecified atom stereocenters. The Balaban J connectivity index is 2.76. The second-order valence-corrected chi connectivity index (χ2v) is 7.74. The minimum Gasteiger partial charge on any atom is -0.497 e. The van der Waals surface area contributed by atoms with Gasteiger partial charge in [-0.1, -0.05) is 20.8 Å². The SMILES string of the molecule is COc1ccc(OCCC(C)(C)C)c(CNC(C)(C)C)c1. The first-order valence-electron chi connectivity index (χ1n) is 7.65. The van der Waals surface area contributed by atoms with Gasteiger partial charge in [-0.2, -0.15) is 0 Å². The zero-order valence-electron chi connectivity index (χ0n) is 14.7. The van der Waals surface area contributed by atoms with Crippen LogP contribution in [0.5, 0.6) is 11.5 Å². The van der Waals surface area contributed by atoms with Crippen LogP contribution in [0.15, 0.2) is 18.2 Å². The Bertz CT molecular complexity index is 442. The molecule has 1 rings (SSSR count). The van der Waals surface area contributed by atoms with Gasteiger partial charge >= 0.3 is 0 Å². The van der Waals surface area contributed by atoms with E-state index in [1.54, 1.807) is 7.11 Å². The van der Waals surface area contributed by atoms with E-state index in [0.29, 0.717) is 0 Å². The average molecular weight is 293 g/mol. The number of benzene rings is 1. The van der Waals surface area contributed by atoms with E-state index < -0.39 is 0 Å². The van der Waals surface area contributed by atoms with Gasteiger partial charge in [0, 0.05) is 17.6 Å². The molecule has 0 saturated heterocycles. The molecule has 1 N–H and O–H groups in total. The van der Waals surface area contributed by atoms with Crippen LogP contribution < -0.4 is 14.8 Å². The second-order valence-electron chi connectivity index (χ2n) is 7.74. The van der Waals surface area contributed by atoms with E-state index in [2.05, 4.69) is 46.9 Å². The summed E-state index contributed by atoms with van der Waals surface area (Å²) in [5, 5.41) is 3.50. The molecule has 0 fully saturated rings. The smallest absolute Gasteiger partial charge is 0.124 e. The third-order valence-electron chi connectivity index (χ3n) is 3.19. The zero-order valence-corrected chi connectivity index (χ0v) is 14.7. The Morgan fingerprint density at radius 3 is 2.24 bits per heavy atom. The van der Waals surface area contributed by atoms with Crippen LogP contribution in [0.3, 0.4) is 0 Å². The molecule has 0 aliphatic carbocycles. The summed E-state index contributed by atoms with van der Waals surface area (Å²) in [7, 11) is 1.69. The van der Waals surface area contributed by atoms with E-state index in [1.807, 2.05) is 18.2 Å². The number of hydrogen-bond acceptors (Lipinski definition) is 3. The molecule has 1 aromatic carbocycles. The van der Waals surface area contributed by atoms with Crippen LogP contribution in [0.2, 0.25) is 0 Å². The maximum Gasteiger partial charge on any atom is 0.124 e. The predicted octanol–water partition coefficient (Wildman–Crippen LogP) is 4.40. The molecule has 0 aliphatic heterocycles. The first-order valence-corrected chi connectivity index (χ1v) is 7.65. The van der Waals surface area contributed by atoms with E-state index in [-0.39, 0.29) is 11.0 Å². The summed E-state index contributed by atoms with van der Waals surface area (Å²) >= 11 is 0. The van der Waals surface area contributed by atoms with E-state index >= 15 is 0 Å². The molecule has 0 spiro atoms. The van der Waals surface area contributed by atoms with Crippen LogP contribution >= 0.6 is 0 Å². The Hall–Kier alpha value is -1.22. The molecule has 0 aromatic heterocycles. The highest BCUT2D eigenvalue weighted by Crippen LogP contribution is 2.26. The maximum absolute atomic E-state index is 5.98. The molecule has 0 radical (unpaired) electrons. The molecule has 0 amide bonds. The normalized spacial score (nSPS) is 12.3. The first kappa shape index (κ1) is 17.8. The van der Waals surface area contributed by atoms with E-state index in [0.717, 1.165) is 36.6 Å². The lowest BCUT2D eigenvalue weighted by Gasteiger charge is -2.23. The highest BCUT2D eigenvalue weighted by Gasteiger charge is 2.14. The summed E-state index contributed by atoms with van der Waals surface area (Å²) < 4.78 is 11.3. The molecule has 0 saturated carbocycles. The van der Waals surface area contributed by atoms with Crippen LogP contribution in [-0.4, -0.2) is 19.3 Å². The molecular weight excluding hydrogens is 262 g/mol. The Morgan fingerprint density at radius 1 is 1.05 bits per heavy atom. The molecular formula is C18H31NO2. The van der Waals surface area contributed by atoms with Gasteiger partial charge in [-0.05, 0) is 50.8 Å². The van der Waals surface area contributed by atoms with Gasteiger partial charge in [0.2, 0.25) is 0 Å². The third kappa shape index (κ3) is 7.37. The van der Waals surface area contributed by atoms with Crippen LogP contribution in [-0.2, 0) is 6.54 Å². The van der Waals surface area contributed by atoms with Crippen LogP contribution in [0, 0.1) is 5.41 Å². The van der Waals surface area contributed by atoms with Crippen molar-refractivity contribution >= 4 is 0 Å². The molecule has 3 nitrogen and oxygen atoms in total. The van der Waals surface area contributed by atoms with Crippen molar-refractivity contribution in [1.29, 1.82) is 0 Å². The van der Waals surface area contributed by atoms with Crippen LogP contribution in [0.4, 0.5) is 0 Å². The number of hydrogen-bond donors (Lipinski definition) is 1. The van der Waals surface area contributed by atoms with E-state index in [1.165, 1.54) is 0 Å². The first-order chi connectivity index (χ1) is 9.61. The highest BCUT2D eigenvalue weighted by molar-refractivity contribution is 5.40. The molecule has 1 aromatic rings. The fourth-order valence-corrected chi connectivity index (χ4v) is 1.79.